The largest absolute Gasteiger partial charge is 0.352 e. The van der Waals surface area contributed by atoms with Crippen molar-refractivity contribution in [1.29, 1.82) is 0 Å². The molecule has 4 nitrogen and oxygen atoms in total. The van der Waals surface area contributed by atoms with Crippen LogP contribution in [-0.4, -0.2) is 34.6 Å². The molecular formula is C25H31FN2O2S. The Hall–Kier alpha value is -2.34. The summed E-state index contributed by atoms with van der Waals surface area (Å²) >= 11 is 1.49. The molecule has 3 rings (SSSR count). The predicted octanol–water partition coefficient (Wildman–Crippen LogP) is 4.93. The molecule has 0 heterocycles. The molecule has 6 heteroatoms. The molecule has 1 fully saturated rings. The zero-order chi connectivity index (χ0) is 22.1. The lowest BCUT2D eigenvalue weighted by Crippen LogP contribution is -2.51. The highest BCUT2D eigenvalue weighted by Crippen LogP contribution is 2.20. The van der Waals surface area contributed by atoms with Crippen LogP contribution in [0, 0.1) is 5.82 Å². The molecule has 1 atom stereocenters. The first-order valence-corrected chi connectivity index (χ1v) is 12.2. The molecule has 1 unspecified atom stereocenters. The van der Waals surface area contributed by atoms with Crippen molar-refractivity contribution >= 4 is 23.6 Å². The van der Waals surface area contributed by atoms with E-state index in [9.17, 15) is 14.0 Å². The van der Waals surface area contributed by atoms with Crippen LogP contribution in [0.15, 0.2) is 54.6 Å². The summed E-state index contributed by atoms with van der Waals surface area (Å²) in [5.74, 6) is 0.526. The van der Waals surface area contributed by atoms with Gasteiger partial charge < -0.3 is 10.2 Å². The number of carbonyl (C=O) groups excluding carboxylic acids is 2. The van der Waals surface area contributed by atoms with E-state index in [0.717, 1.165) is 36.8 Å². The van der Waals surface area contributed by atoms with E-state index in [1.165, 1.54) is 23.9 Å². The second-order valence-electron chi connectivity index (χ2n) is 8.04. The second kappa shape index (κ2) is 11.9. The van der Waals surface area contributed by atoms with Crippen LogP contribution < -0.4 is 5.32 Å². The van der Waals surface area contributed by atoms with E-state index in [1.54, 1.807) is 17.0 Å². The highest BCUT2D eigenvalue weighted by atomic mass is 32.2. The van der Waals surface area contributed by atoms with Gasteiger partial charge in [-0.25, -0.2) is 4.39 Å². The third-order valence-electron chi connectivity index (χ3n) is 5.69. The first-order valence-electron chi connectivity index (χ1n) is 11.0. The zero-order valence-electron chi connectivity index (χ0n) is 18.1. The van der Waals surface area contributed by atoms with Gasteiger partial charge in [0.2, 0.25) is 11.8 Å². The molecule has 1 N–H and O–H groups in total. The number of hydrogen-bond donors (Lipinski definition) is 1. The first kappa shape index (κ1) is 23.3. The molecule has 2 amide bonds. The number of nitrogens with one attached hydrogen (secondary N) is 1. The van der Waals surface area contributed by atoms with Crippen molar-refractivity contribution in [3.63, 3.8) is 0 Å². The van der Waals surface area contributed by atoms with E-state index in [-0.39, 0.29) is 29.4 Å². The molecule has 0 radical (unpaired) electrons. The summed E-state index contributed by atoms with van der Waals surface area (Å²) in [7, 11) is 0. The standard InChI is InChI=1S/C25H31FN2O2S/c1-2-23(25(30)27-22-10-6-7-11-22)28(16-19-8-4-3-5-9-19)24(29)18-31-17-20-12-14-21(26)15-13-20/h3-5,8-9,12-15,22-23H,2,6-7,10-11,16-18H2,1H3,(H,27,30). The number of amides is 2. The van der Waals surface area contributed by atoms with Crippen LogP contribution in [0.2, 0.25) is 0 Å². The van der Waals surface area contributed by atoms with Crippen LogP contribution in [0.3, 0.4) is 0 Å². The third-order valence-corrected chi connectivity index (χ3v) is 6.68. The Morgan fingerprint density at radius 2 is 1.74 bits per heavy atom. The number of hydrogen-bond acceptors (Lipinski definition) is 3. The van der Waals surface area contributed by atoms with E-state index >= 15 is 0 Å². The SMILES string of the molecule is CCC(C(=O)NC1CCCC1)N(Cc1ccccc1)C(=O)CSCc1ccc(F)cc1. The van der Waals surface area contributed by atoms with Crippen LogP contribution in [0.25, 0.3) is 0 Å². The molecule has 166 valence electrons. The maximum absolute atomic E-state index is 13.2. The summed E-state index contributed by atoms with van der Waals surface area (Å²) < 4.78 is 13.1. The fourth-order valence-electron chi connectivity index (χ4n) is 3.99. The van der Waals surface area contributed by atoms with Gasteiger partial charge in [-0.2, -0.15) is 0 Å². The molecular weight excluding hydrogens is 411 g/mol. The Morgan fingerprint density at radius 1 is 1.06 bits per heavy atom. The molecule has 1 aliphatic rings. The molecule has 0 bridgehead atoms. The Kier molecular flexibility index (Phi) is 8.95. The Morgan fingerprint density at radius 3 is 2.39 bits per heavy atom. The summed E-state index contributed by atoms with van der Waals surface area (Å²) in [5.41, 5.74) is 1.98. The van der Waals surface area contributed by atoms with Crippen LogP contribution in [-0.2, 0) is 21.9 Å². The van der Waals surface area contributed by atoms with E-state index in [2.05, 4.69) is 5.32 Å². The second-order valence-corrected chi connectivity index (χ2v) is 9.03. The van der Waals surface area contributed by atoms with Gasteiger partial charge in [-0.05, 0) is 42.5 Å². The van der Waals surface area contributed by atoms with Gasteiger partial charge in [-0.3, -0.25) is 9.59 Å². The number of thioether (sulfide) groups is 1. The van der Waals surface area contributed by atoms with Gasteiger partial charge in [0.1, 0.15) is 11.9 Å². The fourth-order valence-corrected chi connectivity index (χ4v) is 4.86. The highest BCUT2D eigenvalue weighted by molar-refractivity contribution is 7.99. The Balaban J connectivity index is 1.66. The minimum atomic E-state index is -0.486. The molecule has 31 heavy (non-hydrogen) atoms. The molecule has 0 aliphatic heterocycles. The lowest BCUT2D eigenvalue weighted by Gasteiger charge is -2.31. The number of rotatable bonds is 10. The quantitative estimate of drug-likeness (QED) is 0.568. The summed E-state index contributed by atoms with van der Waals surface area (Å²) in [6, 6.07) is 15.9. The van der Waals surface area contributed by atoms with Gasteiger partial charge in [0.25, 0.3) is 0 Å². The van der Waals surface area contributed by atoms with E-state index < -0.39 is 6.04 Å². The van der Waals surface area contributed by atoms with Crippen LogP contribution in [0.1, 0.15) is 50.2 Å². The molecule has 2 aromatic rings. The minimum Gasteiger partial charge on any atom is -0.352 e. The van der Waals surface area contributed by atoms with E-state index in [0.29, 0.717) is 18.7 Å². The lowest BCUT2D eigenvalue weighted by molar-refractivity contribution is -0.139. The van der Waals surface area contributed by atoms with Crippen molar-refractivity contribution < 1.29 is 14.0 Å². The smallest absolute Gasteiger partial charge is 0.243 e. The van der Waals surface area contributed by atoms with Crippen LogP contribution in [0.5, 0.6) is 0 Å². The molecule has 0 spiro atoms. The first-order chi connectivity index (χ1) is 15.1. The Labute approximate surface area is 188 Å². The van der Waals surface area contributed by atoms with E-state index in [4.69, 9.17) is 0 Å². The monoisotopic (exact) mass is 442 g/mol. The van der Waals surface area contributed by atoms with Gasteiger partial charge in [-0.15, -0.1) is 11.8 Å². The normalized spacial score (nSPS) is 14.9. The predicted molar refractivity (Wildman–Crippen MR) is 124 cm³/mol. The number of benzene rings is 2. The number of carbonyl (C=O) groups is 2. The maximum Gasteiger partial charge on any atom is 0.243 e. The summed E-state index contributed by atoms with van der Waals surface area (Å²) in [6.07, 6.45) is 4.90. The summed E-state index contributed by atoms with van der Waals surface area (Å²) in [5, 5.41) is 3.16. The molecule has 1 aliphatic carbocycles. The number of halogens is 1. The van der Waals surface area contributed by atoms with Gasteiger partial charge in [0.15, 0.2) is 0 Å². The highest BCUT2D eigenvalue weighted by Gasteiger charge is 2.30. The molecule has 0 aromatic heterocycles. The van der Waals surface area contributed by atoms with Gasteiger partial charge in [0.05, 0.1) is 5.75 Å². The van der Waals surface area contributed by atoms with Gasteiger partial charge in [-0.1, -0.05) is 62.2 Å². The fraction of sp³-hybridized carbons (Fsp3) is 0.440. The average Bonchev–Trinajstić information content (AvgIpc) is 3.28. The third kappa shape index (κ3) is 7.10. The summed E-state index contributed by atoms with van der Waals surface area (Å²) in [6.45, 7) is 2.36. The van der Waals surface area contributed by atoms with E-state index in [1.807, 2.05) is 37.3 Å². The van der Waals surface area contributed by atoms with Gasteiger partial charge in [0, 0.05) is 18.3 Å². The molecule has 1 saturated carbocycles. The van der Waals surface area contributed by atoms with Crippen molar-refractivity contribution in [3.05, 3.63) is 71.5 Å². The Bertz CT molecular complexity index is 838. The van der Waals surface area contributed by atoms with Gasteiger partial charge >= 0.3 is 0 Å². The maximum atomic E-state index is 13.2. The van der Waals surface area contributed by atoms with Crippen LogP contribution >= 0.6 is 11.8 Å². The minimum absolute atomic E-state index is 0.0515. The number of nitrogens with zero attached hydrogens (tertiary/aromatic N) is 1. The lowest BCUT2D eigenvalue weighted by atomic mass is 10.1. The van der Waals surface area contributed by atoms with Crippen molar-refractivity contribution in [2.24, 2.45) is 0 Å². The van der Waals surface area contributed by atoms with Crippen molar-refractivity contribution in [3.8, 4) is 0 Å². The van der Waals surface area contributed by atoms with Crippen LogP contribution in [0.4, 0.5) is 4.39 Å². The van der Waals surface area contributed by atoms with Crippen molar-refractivity contribution in [2.75, 3.05) is 5.75 Å². The summed E-state index contributed by atoms with van der Waals surface area (Å²) in [4.78, 5) is 28.0. The zero-order valence-corrected chi connectivity index (χ0v) is 18.9. The van der Waals surface area contributed by atoms with Crippen molar-refractivity contribution in [1.82, 2.24) is 10.2 Å². The van der Waals surface area contributed by atoms with Crippen molar-refractivity contribution in [2.45, 2.75) is 63.4 Å². The average molecular weight is 443 g/mol. The topological polar surface area (TPSA) is 49.4 Å². The molecule has 2 aromatic carbocycles. The molecule has 0 saturated heterocycles.